The van der Waals surface area contributed by atoms with Crippen molar-refractivity contribution in [3.8, 4) is 0 Å². The van der Waals surface area contributed by atoms with Gasteiger partial charge in [0.2, 0.25) is 0 Å². The van der Waals surface area contributed by atoms with Crippen LogP contribution in [0.3, 0.4) is 0 Å². The molecule has 2 aliphatic rings. The molecule has 0 amide bonds. The maximum Gasteiger partial charge on any atom is 0.130 e. The molecule has 0 saturated carbocycles. The predicted octanol–water partition coefficient (Wildman–Crippen LogP) is 3.60. The van der Waals surface area contributed by atoms with Gasteiger partial charge in [-0.25, -0.2) is 0 Å². The van der Waals surface area contributed by atoms with Crippen molar-refractivity contribution in [1.82, 2.24) is 0 Å². The molecule has 1 heteroatoms. The molecule has 0 fully saturated rings. The zero-order valence-electron chi connectivity index (χ0n) is 10.4. The first-order valence-corrected chi connectivity index (χ1v) is 5.72. The molecule has 2 unspecified atom stereocenters. The summed E-state index contributed by atoms with van der Waals surface area (Å²) in [6, 6.07) is 0. The van der Waals surface area contributed by atoms with Crippen molar-refractivity contribution in [1.29, 1.82) is 0 Å². The zero-order chi connectivity index (χ0) is 11.9. The van der Waals surface area contributed by atoms with E-state index in [9.17, 15) is 4.79 Å². The highest BCUT2D eigenvalue weighted by Gasteiger charge is 2.40. The number of fused-ring (bicyclic) bond motifs is 1. The fraction of sp³-hybridized carbons (Fsp3) is 0.400. The van der Waals surface area contributed by atoms with Crippen LogP contribution < -0.4 is 0 Å². The van der Waals surface area contributed by atoms with Crippen LogP contribution in [0.1, 0.15) is 27.7 Å². The lowest BCUT2D eigenvalue weighted by Crippen LogP contribution is -2.35. The van der Waals surface area contributed by atoms with Crippen LogP contribution in [-0.2, 0) is 4.79 Å². The molecule has 2 atom stereocenters. The monoisotopic (exact) mass is 214 g/mol. The second kappa shape index (κ2) is 3.58. The van der Waals surface area contributed by atoms with Gasteiger partial charge in [0.15, 0.2) is 0 Å². The van der Waals surface area contributed by atoms with Crippen LogP contribution in [0.5, 0.6) is 0 Å². The Labute approximate surface area is 97.2 Å². The molecule has 0 spiro atoms. The highest BCUT2D eigenvalue weighted by molar-refractivity contribution is 5.71. The fourth-order valence-electron chi connectivity index (χ4n) is 2.72. The molecule has 0 heterocycles. The average Bonchev–Trinajstić information content (AvgIpc) is 2.33. The summed E-state index contributed by atoms with van der Waals surface area (Å²) in [5, 5.41) is 0. The van der Waals surface area contributed by atoms with Crippen molar-refractivity contribution < 1.29 is 4.79 Å². The third kappa shape index (κ3) is 1.27. The number of allylic oxidation sites excluding steroid dienone is 8. The largest absolute Gasteiger partial charge is 0.302 e. The summed E-state index contributed by atoms with van der Waals surface area (Å²) in [6.45, 7) is 8.38. The molecular weight excluding hydrogens is 196 g/mol. The molecule has 0 aromatic heterocycles. The van der Waals surface area contributed by atoms with Crippen LogP contribution in [-0.4, -0.2) is 6.29 Å². The fourth-order valence-corrected chi connectivity index (χ4v) is 2.72. The number of rotatable bonds is 1. The molecule has 1 nitrogen and oxygen atoms in total. The van der Waals surface area contributed by atoms with E-state index < -0.39 is 0 Å². The minimum absolute atomic E-state index is 0.207. The minimum Gasteiger partial charge on any atom is -0.302 e. The molecule has 0 saturated heterocycles. The smallest absolute Gasteiger partial charge is 0.130 e. The van der Waals surface area contributed by atoms with Gasteiger partial charge in [-0.3, -0.25) is 0 Å². The van der Waals surface area contributed by atoms with Crippen LogP contribution in [0.15, 0.2) is 46.6 Å². The third-order valence-electron chi connectivity index (χ3n) is 4.28. The van der Waals surface area contributed by atoms with E-state index in [0.717, 1.165) is 6.29 Å². The van der Waals surface area contributed by atoms with Crippen molar-refractivity contribution in [2.45, 2.75) is 27.7 Å². The molecule has 2 aliphatic carbocycles. The lowest BCUT2D eigenvalue weighted by molar-refractivity contribution is -0.114. The molecule has 0 radical (unpaired) electrons. The first-order chi connectivity index (χ1) is 7.52. The van der Waals surface area contributed by atoms with Crippen LogP contribution in [0.25, 0.3) is 0 Å². The molecule has 2 rings (SSSR count). The Balaban J connectivity index is 2.69. The van der Waals surface area contributed by atoms with E-state index >= 15 is 0 Å². The molecule has 0 bridgehead atoms. The maximum atomic E-state index is 11.5. The van der Waals surface area contributed by atoms with E-state index in [-0.39, 0.29) is 11.3 Å². The Bertz CT molecular complexity index is 460. The number of carbonyl (C=O) groups excluding carboxylic acids is 1. The van der Waals surface area contributed by atoms with Gasteiger partial charge in [0, 0.05) is 5.92 Å². The van der Waals surface area contributed by atoms with Crippen LogP contribution >= 0.6 is 0 Å². The second-order valence-electron chi connectivity index (χ2n) is 4.95. The molecule has 84 valence electrons. The van der Waals surface area contributed by atoms with E-state index in [4.69, 9.17) is 0 Å². The minimum atomic E-state index is -0.375. The maximum absolute atomic E-state index is 11.5. The highest BCUT2D eigenvalue weighted by atomic mass is 16.1. The zero-order valence-corrected chi connectivity index (χ0v) is 10.4. The number of hydrogen-bond donors (Lipinski definition) is 0. The topological polar surface area (TPSA) is 17.1 Å². The first kappa shape index (κ1) is 11.1. The summed E-state index contributed by atoms with van der Waals surface area (Å²) < 4.78 is 0. The molecule has 0 N–H and O–H groups in total. The van der Waals surface area contributed by atoms with Gasteiger partial charge in [-0.15, -0.1) is 0 Å². The molecule has 16 heavy (non-hydrogen) atoms. The normalized spacial score (nSPS) is 33.1. The summed E-state index contributed by atoms with van der Waals surface area (Å²) in [7, 11) is 0. The summed E-state index contributed by atoms with van der Waals surface area (Å²) >= 11 is 0. The SMILES string of the molecule is CC1=C2C=CC=CC2C(C)(C=O)C(C)=C1C. The van der Waals surface area contributed by atoms with Gasteiger partial charge in [0.05, 0.1) is 5.41 Å². The van der Waals surface area contributed by atoms with Gasteiger partial charge < -0.3 is 4.79 Å². The van der Waals surface area contributed by atoms with Gasteiger partial charge >= 0.3 is 0 Å². The quantitative estimate of drug-likeness (QED) is 0.609. The van der Waals surface area contributed by atoms with Crippen molar-refractivity contribution in [2.75, 3.05) is 0 Å². The van der Waals surface area contributed by atoms with Gasteiger partial charge in [-0.05, 0) is 44.4 Å². The van der Waals surface area contributed by atoms with Gasteiger partial charge in [0.1, 0.15) is 6.29 Å². The highest BCUT2D eigenvalue weighted by Crippen LogP contribution is 2.48. The second-order valence-corrected chi connectivity index (χ2v) is 4.95. The van der Waals surface area contributed by atoms with Crippen molar-refractivity contribution in [2.24, 2.45) is 11.3 Å². The summed E-state index contributed by atoms with van der Waals surface area (Å²) in [4.78, 5) is 11.5. The van der Waals surface area contributed by atoms with Crippen LogP contribution in [0.2, 0.25) is 0 Å². The van der Waals surface area contributed by atoms with E-state index in [2.05, 4.69) is 39.0 Å². The Morgan fingerprint density at radius 2 is 1.88 bits per heavy atom. The third-order valence-corrected chi connectivity index (χ3v) is 4.28. The Morgan fingerprint density at radius 3 is 2.50 bits per heavy atom. The number of aldehydes is 1. The van der Waals surface area contributed by atoms with E-state index in [1.807, 2.05) is 13.0 Å². The number of hydrogen-bond acceptors (Lipinski definition) is 1. The van der Waals surface area contributed by atoms with E-state index in [1.165, 1.54) is 22.3 Å². The molecule has 0 aliphatic heterocycles. The average molecular weight is 214 g/mol. The molecule has 0 aromatic rings. The first-order valence-electron chi connectivity index (χ1n) is 5.72. The Hall–Kier alpha value is -1.37. The van der Waals surface area contributed by atoms with Gasteiger partial charge in [0.25, 0.3) is 0 Å². The summed E-state index contributed by atoms with van der Waals surface area (Å²) in [6.07, 6.45) is 9.47. The molecular formula is C15H18O. The van der Waals surface area contributed by atoms with Gasteiger partial charge in [-0.2, -0.15) is 0 Å². The Kier molecular flexibility index (Phi) is 2.49. The van der Waals surface area contributed by atoms with Crippen molar-refractivity contribution >= 4 is 6.29 Å². The Morgan fingerprint density at radius 1 is 1.19 bits per heavy atom. The van der Waals surface area contributed by atoms with Crippen molar-refractivity contribution in [3.63, 3.8) is 0 Å². The predicted molar refractivity (Wildman–Crippen MR) is 67.0 cm³/mol. The van der Waals surface area contributed by atoms with Crippen LogP contribution in [0.4, 0.5) is 0 Å². The lowest BCUT2D eigenvalue weighted by Gasteiger charge is -2.40. The number of carbonyl (C=O) groups is 1. The molecule has 0 aromatic carbocycles. The lowest BCUT2D eigenvalue weighted by atomic mass is 9.62. The van der Waals surface area contributed by atoms with Crippen LogP contribution in [0, 0.1) is 11.3 Å². The summed E-state index contributed by atoms with van der Waals surface area (Å²) in [5.41, 5.74) is 4.71. The standard InChI is InChI=1S/C15H18O/c1-10-11(2)13-7-5-6-8-14(13)15(4,9-16)12(10)3/h5-9,14H,1-4H3. The summed E-state index contributed by atoms with van der Waals surface area (Å²) in [5.74, 6) is 0.207. The van der Waals surface area contributed by atoms with E-state index in [1.54, 1.807) is 0 Å². The van der Waals surface area contributed by atoms with E-state index in [0.29, 0.717) is 0 Å². The van der Waals surface area contributed by atoms with Crippen molar-refractivity contribution in [3.05, 3.63) is 46.6 Å². The van der Waals surface area contributed by atoms with Gasteiger partial charge in [-0.1, -0.05) is 29.9 Å².